The van der Waals surface area contributed by atoms with Crippen LogP contribution < -0.4 is 5.73 Å². The van der Waals surface area contributed by atoms with E-state index in [0.29, 0.717) is 0 Å². The zero-order valence-electron chi connectivity index (χ0n) is 5.84. The van der Waals surface area contributed by atoms with Gasteiger partial charge in [-0.3, -0.25) is 0 Å². The second kappa shape index (κ2) is 2.98. The maximum absolute atomic E-state index is 12.9. The lowest BCUT2D eigenvalue weighted by atomic mass is 10.2. The van der Waals surface area contributed by atoms with Gasteiger partial charge in [-0.15, -0.1) is 0 Å². The number of halogens is 2. The molecule has 0 spiro atoms. The normalized spacial score (nSPS) is 9.83. The molecule has 0 aliphatic rings. The van der Waals surface area contributed by atoms with Crippen LogP contribution in [-0.4, -0.2) is 11.1 Å². The average molecular weight is 190 g/mol. The summed E-state index contributed by atoms with van der Waals surface area (Å²) in [6.07, 6.45) is 0. The molecule has 0 fully saturated rings. The van der Waals surface area contributed by atoms with Crippen molar-refractivity contribution in [2.45, 2.75) is 0 Å². The third kappa shape index (κ3) is 1.48. The van der Waals surface area contributed by atoms with Gasteiger partial charge in [0.2, 0.25) is 0 Å². The summed E-state index contributed by atoms with van der Waals surface area (Å²) in [5, 5.41) is 8.18. The highest BCUT2D eigenvalue weighted by molar-refractivity contribution is 6.31. The Kier molecular flexibility index (Phi) is 2.19. The van der Waals surface area contributed by atoms with Crippen LogP contribution in [0.5, 0.6) is 0 Å². The maximum Gasteiger partial charge on any atom is 0.338 e. The predicted octanol–water partition coefficient (Wildman–Crippen LogP) is 1.76. The second-order valence-electron chi connectivity index (χ2n) is 2.17. The van der Waals surface area contributed by atoms with E-state index in [0.717, 1.165) is 12.1 Å². The zero-order valence-corrected chi connectivity index (χ0v) is 6.60. The molecule has 1 rings (SSSR count). The smallest absolute Gasteiger partial charge is 0.338 e. The summed E-state index contributed by atoms with van der Waals surface area (Å²) in [5.41, 5.74) is 4.86. The van der Waals surface area contributed by atoms with Crippen LogP contribution in [0.25, 0.3) is 0 Å². The van der Waals surface area contributed by atoms with Crippen LogP contribution in [0.1, 0.15) is 10.4 Å². The molecule has 1 aromatic carbocycles. The van der Waals surface area contributed by atoms with E-state index in [1.54, 1.807) is 0 Å². The standard InChI is InChI=1S/C7H5ClFNO2/c8-5-2-3(10)1-4(6(5)9)7(11)12/h1-2H,10H2,(H,11,12). The van der Waals surface area contributed by atoms with Gasteiger partial charge in [-0.2, -0.15) is 0 Å². The molecule has 0 saturated carbocycles. The quantitative estimate of drug-likeness (QED) is 0.662. The average Bonchev–Trinajstić information content (AvgIpc) is 1.96. The molecule has 0 saturated heterocycles. The SMILES string of the molecule is Nc1cc(Cl)c(F)c(C(=O)O)c1. The molecular formula is C7H5ClFNO2. The number of rotatable bonds is 1. The van der Waals surface area contributed by atoms with E-state index < -0.39 is 17.3 Å². The molecular weight excluding hydrogens is 185 g/mol. The number of carbonyl (C=O) groups is 1. The Balaban J connectivity index is 3.37. The Morgan fingerprint density at radius 2 is 2.17 bits per heavy atom. The van der Waals surface area contributed by atoms with Crippen molar-refractivity contribution >= 4 is 23.3 Å². The molecule has 5 heteroatoms. The van der Waals surface area contributed by atoms with E-state index in [9.17, 15) is 9.18 Å². The summed E-state index contributed by atoms with van der Waals surface area (Å²) in [5.74, 6) is -2.35. The van der Waals surface area contributed by atoms with Gasteiger partial charge in [0.05, 0.1) is 10.6 Å². The van der Waals surface area contributed by atoms with E-state index in [1.165, 1.54) is 0 Å². The zero-order chi connectivity index (χ0) is 9.30. The monoisotopic (exact) mass is 189 g/mol. The topological polar surface area (TPSA) is 63.3 Å². The summed E-state index contributed by atoms with van der Waals surface area (Å²) >= 11 is 5.34. The minimum absolute atomic E-state index is 0.124. The van der Waals surface area contributed by atoms with Crippen LogP contribution in [0, 0.1) is 5.82 Å². The van der Waals surface area contributed by atoms with Crippen LogP contribution in [0.3, 0.4) is 0 Å². The van der Waals surface area contributed by atoms with Crippen LogP contribution >= 0.6 is 11.6 Å². The van der Waals surface area contributed by atoms with Gasteiger partial charge >= 0.3 is 5.97 Å². The molecule has 0 radical (unpaired) electrons. The first-order valence-electron chi connectivity index (χ1n) is 3.00. The van der Waals surface area contributed by atoms with Gasteiger partial charge in [0.1, 0.15) is 0 Å². The van der Waals surface area contributed by atoms with Gasteiger partial charge in [0.25, 0.3) is 0 Å². The van der Waals surface area contributed by atoms with Crippen molar-refractivity contribution in [2.24, 2.45) is 0 Å². The highest BCUT2D eigenvalue weighted by atomic mass is 35.5. The van der Waals surface area contributed by atoms with Crippen molar-refractivity contribution in [2.75, 3.05) is 5.73 Å². The maximum atomic E-state index is 12.9. The Hall–Kier alpha value is -1.29. The van der Waals surface area contributed by atoms with E-state index in [4.69, 9.17) is 22.4 Å². The van der Waals surface area contributed by atoms with Crippen molar-refractivity contribution in [3.63, 3.8) is 0 Å². The fourth-order valence-corrected chi connectivity index (χ4v) is 0.993. The van der Waals surface area contributed by atoms with E-state index >= 15 is 0 Å². The van der Waals surface area contributed by atoms with Gasteiger partial charge < -0.3 is 10.8 Å². The Labute approximate surface area is 72.6 Å². The van der Waals surface area contributed by atoms with Crippen molar-refractivity contribution in [3.05, 3.63) is 28.5 Å². The summed E-state index contributed by atoms with van der Waals surface area (Å²) < 4.78 is 12.9. The third-order valence-corrected chi connectivity index (χ3v) is 1.56. The van der Waals surface area contributed by atoms with Crippen LogP contribution in [-0.2, 0) is 0 Å². The van der Waals surface area contributed by atoms with E-state index in [-0.39, 0.29) is 10.7 Å². The Morgan fingerprint density at radius 3 is 2.67 bits per heavy atom. The second-order valence-corrected chi connectivity index (χ2v) is 2.58. The molecule has 12 heavy (non-hydrogen) atoms. The predicted molar refractivity (Wildman–Crippen MR) is 42.8 cm³/mol. The first-order chi connectivity index (χ1) is 5.52. The molecule has 0 aliphatic carbocycles. The molecule has 0 atom stereocenters. The number of nitrogen functional groups attached to an aromatic ring is 1. The number of hydrogen-bond acceptors (Lipinski definition) is 2. The van der Waals surface area contributed by atoms with Gasteiger partial charge in [-0.1, -0.05) is 11.6 Å². The molecule has 3 N–H and O–H groups in total. The van der Waals surface area contributed by atoms with Crippen LogP contribution in [0.2, 0.25) is 5.02 Å². The van der Waals surface area contributed by atoms with Gasteiger partial charge in [0.15, 0.2) is 5.82 Å². The number of carboxylic acids is 1. The fourth-order valence-electron chi connectivity index (χ4n) is 0.766. The molecule has 0 heterocycles. The first-order valence-corrected chi connectivity index (χ1v) is 3.38. The summed E-state index contributed by atoms with van der Waals surface area (Å²) in [7, 11) is 0. The molecule has 1 aromatic rings. The van der Waals surface area contributed by atoms with Gasteiger partial charge in [0, 0.05) is 5.69 Å². The minimum atomic E-state index is -1.39. The first kappa shape index (κ1) is 8.80. The Morgan fingerprint density at radius 1 is 1.58 bits per heavy atom. The van der Waals surface area contributed by atoms with Crippen molar-refractivity contribution < 1.29 is 14.3 Å². The minimum Gasteiger partial charge on any atom is -0.478 e. The number of hydrogen-bond donors (Lipinski definition) is 2. The highest BCUT2D eigenvalue weighted by Gasteiger charge is 2.13. The summed E-state index contributed by atoms with van der Waals surface area (Å²) in [6, 6.07) is 2.17. The van der Waals surface area contributed by atoms with Crippen molar-refractivity contribution in [1.29, 1.82) is 0 Å². The lowest BCUT2D eigenvalue weighted by Gasteiger charge is -2.00. The number of aromatic carboxylic acids is 1. The van der Waals surface area contributed by atoms with Crippen LogP contribution in [0.15, 0.2) is 12.1 Å². The van der Waals surface area contributed by atoms with E-state index in [1.807, 2.05) is 0 Å². The lowest BCUT2D eigenvalue weighted by molar-refractivity contribution is 0.0692. The fraction of sp³-hybridized carbons (Fsp3) is 0. The lowest BCUT2D eigenvalue weighted by Crippen LogP contribution is -2.02. The number of nitrogens with two attached hydrogens (primary N) is 1. The number of benzene rings is 1. The summed E-state index contributed by atoms with van der Waals surface area (Å²) in [6.45, 7) is 0. The van der Waals surface area contributed by atoms with Crippen molar-refractivity contribution in [1.82, 2.24) is 0 Å². The molecule has 0 unspecified atom stereocenters. The molecule has 0 aromatic heterocycles. The molecule has 0 amide bonds. The molecule has 0 aliphatic heterocycles. The van der Waals surface area contributed by atoms with Crippen molar-refractivity contribution in [3.8, 4) is 0 Å². The summed E-state index contributed by atoms with van der Waals surface area (Å²) in [4.78, 5) is 10.4. The molecule has 0 bridgehead atoms. The molecule has 64 valence electrons. The number of anilines is 1. The number of carboxylic acid groups (broad SMARTS) is 1. The van der Waals surface area contributed by atoms with E-state index in [2.05, 4.69) is 0 Å². The third-order valence-electron chi connectivity index (χ3n) is 1.28. The Bertz CT molecular complexity index is 340. The van der Waals surface area contributed by atoms with Gasteiger partial charge in [-0.25, -0.2) is 9.18 Å². The molecule has 3 nitrogen and oxygen atoms in total. The highest BCUT2D eigenvalue weighted by Crippen LogP contribution is 2.21. The van der Waals surface area contributed by atoms with Crippen LogP contribution in [0.4, 0.5) is 10.1 Å². The largest absolute Gasteiger partial charge is 0.478 e. The van der Waals surface area contributed by atoms with Gasteiger partial charge in [-0.05, 0) is 12.1 Å².